The number of ether oxygens (including phenoxy) is 3. The molecule has 0 saturated heterocycles. The second-order valence-electron chi connectivity index (χ2n) is 6.14. The minimum absolute atomic E-state index is 0.0850. The molecular formula is C21H18FNO6. The summed E-state index contributed by atoms with van der Waals surface area (Å²) >= 11 is 0. The fourth-order valence-corrected chi connectivity index (χ4v) is 3.24. The molecule has 1 aliphatic rings. The van der Waals surface area contributed by atoms with Crippen molar-refractivity contribution in [1.82, 2.24) is 0 Å². The number of esters is 1. The number of methoxy groups -OCH3 is 3. The highest BCUT2D eigenvalue weighted by Gasteiger charge is 2.39. The predicted octanol–water partition coefficient (Wildman–Crippen LogP) is 3.03. The largest absolute Gasteiger partial charge is 0.496 e. The number of nitrogens with zero attached hydrogens (tertiary/aromatic N) is 1. The summed E-state index contributed by atoms with van der Waals surface area (Å²) in [7, 11) is 4.03. The van der Waals surface area contributed by atoms with E-state index >= 15 is 0 Å². The molecule has 1 heterocycles. The van der Waals surface area contributed by atoms with E-state index in [2.05, 4.69) is 0 Å². The molecule has 0 radical (unpaired) electrons. The van der Waals surface area contributed by atoms with Crippen molar-refractivity contribution in [1.29, 1.82) is 0 Å². The van der Waals surface area contributed by atoms with Gasteiger partial charge in [0.15, 0.2) is 0 Å². The van der Waals surface area contributed by atoms with Crippen molar-refractivity contribution in [2.24, 2.45) is 0 Å². The first-order chi connectivity index (χ1) is 13.8. The zero-order valence-corrected chi connectivity index (χ0v) is 16.2. The summed E-state index contributed by atoms with van der Waals surface area (Å²) in [5.74, 6) is -1.95. The van der Waals surface area contributed by atoms with Gasteiger partial charge in [0.25, 0.3) is 5.91 Å². The molecule has 0 aliphatic carbocycles. The lowest BCUT2D eigenvalue weighted by Gasteiger charge is -2.15. The average Bonchev–Trinajstić information content (AvgIpc) is 2.99. The quantitative estimate of drug-likeness (QED) is 0.447. The van der Waals surface area contributed by atoms with Crippen LogP contribution in [-0.2, 0) is 19.1 Å². The Morgan fingerprint density at radius 2 is 1.72 bits per heavy atom. The third-order valence-corrected chi connectivity index (χ3v) is 4.50. The lowest BCUT2D eigenvalue weighted by Crippen LogP contribution is -2.31. The normalized spacial score (nSPS) is 14.4. The predicted molar refractivity (Wildman–Crippen MR) is 103 cm³/mol. The maximum absolute atomic E-state index is 13.8. The van der Waals surface area contributed by atoms with E-state index in [0.717, 1.165) is 11.0 Å². The van der Waals surface area contributed by atoms with Gasteiger partial charge in [0, 0.05) is 12.5 Å². The van der Waals surface area contributed by atoms with Gasteiger partial charge in [-0.25, -0.2) is 14.1 Å². The van der Waals surface area contributed by atoms with Gasteiger partial charge in [-0.1, -0.05) is 0 Å². The lowest BCUT2D eigenvalue weighted by atomic mass is 10.00. The van der Waals surface area contributed by atoms with E-state index in [1.165, 1.54) is 52.5 Å². The maximum Gasteiger partial charge on any atom is 0.337 e. The Bertz CT molecular complexity index is 1060. The van der Waals surface area contributed by atoms with Crippen molar-refractivity contribution < 1.29 is 33.0 Å². The molecule has 0 saturated carbocycles. The molecule has 150 valence electrons. The topological polar surface area (TPSA) is 82.1 Å². The molecule has 2 aromatic rings. The number of halogens is 1. The monoisotopic (exact) mass is 399 g/mol. The van der Waals surface area contributed by atoms with Crippen LogP contribution in [0.2, 0.25) is 0 Å². The Kier molecular flexibility index (Phi) is 5.36. The number of hydrogen-bond acceptors (Lipinski definition) is 6. The van der Waals surface area contributed by atoms with Crippen molar-refractivity contribution in [3.63, 3.8) is 0 Å². The van der Waals surface area contributed by atoms with Gasteiger partial charge >= 0.3 is 5.97 Å². The first kappa shape index (κ1) is 20.1. The van der Waals surface area contributed by atoms with E-state index in [1.54, 1.807) is 6.07 Å². The molecule has 29 heavy (non-hydrogen) atoms. The summed E-state index contributed by atoms with van der Waals surface area (Å²) < 4.78 is 29.3. The van der Waals surface area contributed by atoms with Crippen molar-refractivity contribution in [2.75, 3.05) is 26.2 Å². The molecule has 2 aromatic carbocycles. The molecule has 0 spiro atoms. The Hall–Kier alpha value is -3.68. The number of rotatable bonds is 4. The first-order valence-corrected chi connectivity index (χ1v) is 8.54. The highest BCUT2D eigenvalue weighted by atomic mass is 19.1. The van der Waals surface area contributed by atoms with Crippen molar-refractivity contribution in [3.8, 4) is 5.75 Å². The molecule has 0 fully saturated rings. The van der Waals surface area contributed by atoms with E-state index < -0.39 is 23.6 Å². The van der Waals surface area contributed by atoms with Crippen molar-refractivity contribution >= 4 is 34.8 Å². The summed E-state index contributed by atoms with van der Waals surface area (Å²) in [4.78, 5) is 37.8. The smallest absolute Gasteiger partial charge is 0.337 e. The summed E-state index contributed by atoms with van der Waals surface area (Å²) in [6.07, 6.45) is 0. The second-order valence-corrected chi connectivity index (χ2v) is 6.14. The Labute approximate surface area is 166 Å². The molecule has 1 aliphatic heterocycles. The molecule has 0 atom stereocenters. The molecule has 0 N–H and O–H groups in total. The molecular weight excluding hydrogens is 381 g/mol. The van der Waals surface area contributed by atoms with E-state index in [1.807, 2.05) is 0 Å². The van der Waals surface area contributed by atoms with E-state index in [0.29, 0.717) is 11.1 Å². The fraction of sp³-hybridized carbons (Fsp3) is 0.190. The number of amides is 2. The first-order valence-electron chi connectivity index (χ1n) is 8.54. The third-order valence-electron chi connectivity index (χ3n) is 4.50. The highest BCUT2D eigenvalue weighted by Crippen LogP contribution is 2.43. The average molecular weight is 399 g/mol. The standard InChI is InChI=1S/C21H18FNO6/c1-11(24)23-16-10-13(22)6-8-14(16)18(20(23)25)19(28-3)15-7-5-12(21(26)29-4)9-17(15)27-2/h5-10H,1-4H3. The molecule has 3 rings (SSSR count). The minimum atomic E-state index is -0.644. The second kappa shape index (κ2) is 7.75. The van der Waals surface area contributed by atoms with Crippen LogP contribution < -0.4 is 9.64 Å². The van der Waals surface area contributed by atoms with Crippen LogP contribution in [0.5, 0.6) is 5.75 Å². The Balaban J connectivity index is 2.28. The summed E-state index contributed by atoms with van der Waals surface area (Å²) in [6, 6.07) is 8.22. The Morgan fingerprint density at radius 3 is 2.31 bits per heavy atom. The number of benzene rings is 2. The third kappa shape index (κ3) is 3.33. The molecule has 7 nitrogen and oxygen atoms in total. The minimum Gasteiger partial charge on any atom is -0.496 e. The van der Waals surface area contributed by atoms with Gasteiger partial charge in [0.1, 0.15) is 17.3 Å². The molecule has 0 bridgehead atoms. The number of imide groups is 1. The maximum atomic E-state index is 13.8. The number of fused-ring (bicyclic) bond motifs is 1. The van der Waals surface area contributed by atoms with Crippen LogP contribution in [0.3, 0.4) is 0 Å². The van der Waals surface area contributed by atoms with E-state index in [-0.39, 0.29) is 28.3 Å². The van der Waals surface area contributed by atoms with Crippen molar-refractivity contribution in [3.05, 3.63) is 58.9 Å². The summed E-state index contributed by atoms with van der Waals surface area (Å²) in [5.41, 5.74) is 1.20. The van der Waals surface area contributed by atoms with Gasteiger partial charge in [-0.05, 0) is 36.4 Å². The number of carbonyl (C=O) groups is 3. The zero-order chi connectivity index (χ0) is 21.3. The Morgan fingerprint density at radius 1 is 1.00 bits per heavy atom. The molecule has 2 amide bonds. The van der Waals surface area contributed by atoms with Crippen LogP contribution in [0.25, 0.3) is 11.3 Å². The van der Waals surface area contributed by atoms with Gasteiger partial charge < -0.3 is 14.2 Å². The van der Waals surface area contributed by atoms with Gasteiger partial charge in [0.05, 0.1) is 43.7 Å². The van der Waals surface area contributed by atoms with Gasteiger partial charge in [-0.15, -0.1) is 0 Å². The lowest BCUT2D eigenvalue weighted by molar-refractivity contribution is -0.122. The van der Waals surface area contributed by atoms with Crippen LogP contribution in [-0.4, -0.2) is 39.1 Å². The fourth-order valence-electron chi connectivity index (χ4n) is 3.24. The molecule has 0 aromatic heterocycles. The van der Waals surface area contributed by atoms with Gasteiger partial charge in [-0.3, -0.25) is 9.59 Å². The van der Waals surface area contributed by atoms with E-state index in [4.69, 9.17) is 14.2 Å². The van der Waals surface area contributed by atoms with Gasteiger partial charge in [0.2, 0.25) is 5.91 Å². The van der Waals surface area contributed by atoms with Crippen molar-refractivity contribution in [2.45, 2.75) is 6.92 Å². The summed E-state index contributed by atoms with van der Waals surface area (Å²) in [6.45, 7) is 1.22. The SMILES string of the molecule is COC(=O)c1ccc(C(OC)=C2C(=O)N(C(C)=O)c3cc(F)ccc32)c(OC)c1. The van der Waals surface area contributed by atoms with E-state index in [9.17, 15) is 18.8 Å². The molecule has 0 unspecified atom stereocenters. The molecule has 8 heteroatoms. The van der Waals surface area contributed by atoms with Crippen LogP contribution in [0, 0.1) is 5.82 Å². The van der Waals surface area contributed by atoms with Crippen LogP contribution in [0.4, 0.5) is 10.1 Å². The number of anilines is 1. The van der Waals surface area contributed by atoms with Gasteiger partial charge in [-0.2, -0.15) is 0 Å². The zero-order valence-electron chi connectivity index (χ0n) is 16.2. The highest BCUT2D eigenvalue weighted by molar-refractivity contribution is 6.43. The van der Waals surface area contributed by atoms with Crippen LogP contribution >= 0.6 is 0 Å². The number of hydrogen-bond donors (Lipinski definition) is 0. The summed E-state index contributed by atoms with van der Waals surface area (Å²) in [5, 5.41) is 0. The number of carbonyl (C=O) groups excluding carboxylic acids is 3. The van der Waals surface area contributed by atoms with Crippen LogP contribution in [0.1, 0.15) is 28.4 Å². The van der Waals surface area contributed by atoms with Crippen LogP contribution in [0.15, 0.2) is 36.4 Å².